The molecular weight excluding hydrogens is 441 g/mol. The minimum atomic E-state index is -0.872. The minimum absolute atomic E-state index is 0.0729. The number of imidazole rings is 2. The summed E-state index contributed by atoms with van der Waals surface area (Å²) in [6.07, 6.45) is 17.3. The van der Waals surface area contributed by atoms with Crippen molar-refractivity contribution in [3.8, 4) is 11.3 Å². The number of rotatable bonds is 7. The van der Waals surface area contributed by atoms with Crippen LogP contribution in [0.2, 0.25) is 0 Å². The van der Waals surface area contributed by atoms with Crippen LogP contribution in [0.5, 0.6) is 0 Å². The highest BCUT2D eigenvalue weighted by Gasteiger charge is 2.68. The molecule has 0 amide bonds. The van der Waals surface area contributed by atoms with Crippen molar-refractivity contribution in [1.29, 1.82) is 0 Å². The zero-order valence-corrected chi connectivity index (χ0v) is 19.8. The summed E-state index contributed by atoms with van der Waals surface area (Å²) in [4.78, 5) is 16.2. The summed E-state index contributed by atoms with van der Waals surface area (Å²) in [5.41, 5.74) is 11.8. The first-order valence-corrected chi connectivity index (χ1v) is 12.6. The molecule has 4 aromatic heterocycles. The molecule has 2 bridgehead atoms. The van der Waals surface area contributed by atoms with E-state index in [0.29, 0.717) is 25.8 Å². The van der Waals surface area contributed by atoms with Crippen LogP contribution >= 0.6 is 0 Å². The fourth-order valence-electron chi connectivity index (χ4n) is 6.52. The standard InChI is InChI=1S/C27H30FN7/c28-27-15-26(16-27,17-27)8-23(29)19-3-4-25-32-21(13-35(25)11-19)12-33-14-24(31-18-33)20-7-22(10-30-9-20)34-5-1-2-6-34/h3-4,7,9-11,13-14,18,23H,1-2,5-6,8,12,15-17,29H2. The van der Waals surface area contributed by atoms with E-state index in [0.717, 1.165) is 47.7 Å². The Hall–Kier alpha value is -3.26. The lowest BCUT2D eigenvalue weighted by Gasteiger charge is -2.66. The highest BCUT2D eigenvalue weighted by atomic mass is 19.1. The Labute approximate surface area is 203 Å². The lowest BCUT2D eigenvalue weighted by molar-refractivity contribution is -0.218. The van der Waals surface area contributed by atoms with E-state index < -0.39 is 5.67 Å². The van der Waals surface area contributed by atoms with E-state index in [2.05, 4.69) is 50.2 Å². The van der Waals surface area contributed by atoms with Gasteiger partial charge in [-0.2, -0.15) is 0 Å². The van der Waals surface area contributed by atoms with Gasteiger partial charge in [-0.25, -0.2) is 14.4 Å². The number of nitrogens with zero attached hydrogens (tertiary/aromatic N) is 6. The van der Waals surface area contributed by atoms with Crippen molar-refractivity contribution in [1.82, 2.24) is 23.9 Å². The maximum atomic E-state index is 13.9. The van der Waals surface area contributed by atoms with Gasteiger partial charge in [-0.3, -0.25) is 4.98 Å². The van der Waals surface area contributed by atoms with Crippen molar-refractivity contribution < 1.29 is 4.39 Å². The highest BCUT2D eigenvalue weighted by molar-refractivity contribution is 5.63. The van der Waals surface area contributed by atoms with Gasteiger partial charge in [-0.05, 0) is 61.6 Å². The monoisotopic (exact) mass is 471 g/mol. The van der Waals surface area contributed by atoms with Crippen LogP contribution in [0.15, 0.2) is 55.5 Å². The molecule has 1 unspecified atom stereocenters. The molecule has 35 heavy (non-hydrogen) atoms. The molecule has 5 heterocycles. The van der Waals surface area contributed by atoms with Gasteiger partial charge in [0.05, 0.1) is 36.1 Å². The predicted octanol–water partition coefficient (Wildman–Crippen LogP) is 4.52. The number of halogens is 1. The lowest BCUT2D eigenvalue weighted by atomic mass is 9.40. The predicted molar refractivity (Wildman–Crippen MR) is 133 cm³/mol. The molecule has 3 aliphatic carbocycles. The normalized spacial score (nSPS) is 26.1. The fraction of sp³-hybridized carbons (Fsp3) is 0.444. The van der Waals surface area contributed by atoms with E-state index in [4.69, 9.17) is 10.7 Å². The first-order chi connectivity index (χ1) is 17.0. The number of hydrogen-bond acceptors (Lipinski definition) is 5. The molecule has 0 aromatic carbocycles. The molecule has 4 fully saturated rings. The molecule has 0 radical (unpaired) electrons. The van der Waals surface area contributed by atoms with Gasteiger partial charge in [-0.15, -0.1) is 0 Å². The molecule has 1 saturated heterocycles. The average molecular weight is 472 g/mol. The smallest absolute Gasteiger partial charge is 0.137 e. The summed E-state index contributed by atoms with van der Waals surface area (Å²) in [5.74, 6) is 0. The van der Waals surface area contributed by atoms with Gasteiger partial charge in [0, 0.05) is 49.5 Å². The van der Waals surface area contributed by atoms with E-state index in [1.807, 2.05) is 29.2 Å². The Kier molecular flexibility index (Phi) is 4.58. The first kappa shape index (κ1) is 21.1. The summed E-state index contributed by atoms with van der Waals surface area (Å²) < 4.78 is 18.0. The number of aromatic nitrogens is 5. The number of pyridine rings is 2. The number of anilines is 1. The lowest BCUT2D eigenvalue weighted by Crippen LogP contribution is -2.64. The van der Waals surface area contributed by atoms with Crippen LogP contribution in [-0.2, 0) is 6.54 Å². The molecule has 180 valence electrons. The van der Waals surface area contributed by atoms with Gasteiger partial charge in [0.1, 0.15) is 11.3 Å². The molecule has 2 N–H and O–H groups in total. The van der Waals surface area contributed by atoms with Crippen molar-refractivity contribution in [2.45, 2.75) is 56.8 Å². The molecule has 8 rings (SSSR count). The fourth-order valence-corrected chi connectivity index (χ4v) is 6.52. The van der Waals surface area contributed by atoms with Gasteiger partial charge >= 0.3 is 0 Å². The second-order valence-electron chi connectivity index (χ2n) is 11.0. The quantitative estimate of drug-likeness (QED) is 0.429. The molecule has 0 spiro atoms. The number of nitrogens with two attached hydrogens (primary N) is 1. The van der Waals surface area contributed by atoms with E-state index in [-0.39, 0.29) is 11.5 Å². The van der Waals surface area contributed by atoms with Crippen LogP contribution in [0, 0.1) is 5.41 Å². The Morgan fingerprint density at radius 2 is 1.89 bits per heavy atom. The van der Waals surface area contributed by atoms with Crippen LogP contribution in [0.4, 0.5) is 10.1 Å². The maximum Gasteiger partial charge on any atom is 0.137 e. The molecule has 1 atom stereocenters. The molecular formula is C27H30FN7. The van der Waals surface area contributed by atoms with Crippen LogP contribution in [0.1, 0.15) is 55.8 Å². The topological polar surface area (TPSA) is 77.3 Å². The largest absolute Gasteiger partial charge is 0.370 e. The highest BCUT2D eigenvalue weighted by Crippen LogP contribution is 2.71. The van der Waals surface area contributed by atoms with E-state index in [9.17, 15) is 4.39 Å². The van der Waals surface area contributed by atoms with E-state index >= 15 is 0 Å². The Bertz CT molecular complexity index is 1380. The molecule has 3 saturated carbocycles. The number of alkyl halides is 1. The second-order valence-corrected chi connectivity index (χ2v) is 11.0. The van der Waals surface area contributed by atoms with E-state index in [1.54, 1.807) is 0 Å². The molecule has 4 aromatic rings. The molecule has 1 aliphatic heterocycles. The summed E-state index contributed by atoms with van der Waals surface area (Å²) in [5, 5.41) is 0. The van der Waals surface area contributed by atoms with Gasteiger partial charge < -0.3 is 19.6 Å². The Morgan fingerprint density at radius 1 is 1.06 bits per heavy atom. The first-order valence-electron chi connectivity index (χ1n) is 12.6. The maximum absolute atomic E-state index is 13.9. The molecule has 8 heteroatoms. The van der Waals surface area contributed by atoms with Crippen LogP contribution in [0.3, 0.4) is 0 Å². The van der Waals surface area contributed by atoms with Crippen molar-refractivity contribution in [2.75, 3.05) is 18.0 Å². The zero-order chi connectivity index (χ0) is 23.6. The molecule has 7 nitrogen and oxygen atoms in total. The van der Waals surface area contributed by atoms with Gasteiger partial charge in [0.2, 0.25) is 0 Å². The van der Waals surface area contributed by atoms with Crippen LogP contribution in [-0.4, -0.2) is 42.7 Å². The molecule has 4 aliphatic rings. The van der Waals surface area contributed by atoms with Crippen molar-refractivity contribution >= 4 is 11.3 Å². The van der Waals surface area contributed by atoms with Crippen molar-refractivity contribution in [3.63, 3.8) is 0 Å². The van der Waals surface area contributed by atoms with Crippen molar-refractivity contribution in [2.24, 2.45) is 11.1 Å². The second kappa shape index (κ2) is 7.62. The summed E-state index contributed by atoms with van der Waals surface area (Å²) in [6.45, 7) is 2.83. The van der Waals surface area contributed by atoms with Crippen LogP contribution < -0.4 is 10.6 Å². The third-order valence-corrected chi connectivity index (χ3v) is 8.15. The number of fused-ring (bicyclic) bond motifs is 1. The van der Waals surface area contributed by atoms with Crippen molar-refractivity contribution in [3.05, 3.63) is 66.8 Å². The summed E-state index contributed by atoms with van der Waals surface area (Å²) >= 11 is 0. The SMILES string of the molecule is NC(CC12CC(F)(C1)C2)c1ccc2nc(Cn3cnc(-c4cncc(N5CCCC5)c4)c3)cn2c1. The third kappa shape index (κ3) is 3.71. The van der Waals surface area contributed by atoms with Crippen LogP contribution in [0.25, 0.3) is 16.9 Å². The van der Waals surface area contributed by atoms with Gasteiger partial charge in [0.15, 0.2) is 0 Å². The Morgan fingerprint density at radius 3 is 2.69 bits per heavy atom. The summed E-state index contributed by atoms with van der Waals surface area (Å²) in [7, 11) is 0. The third-order valence-electron chi connectivity index (χ3n) is 8.15. The average Bonchev–Trinajstić information content (AvgIpc) is 3.58. The number of hydrogen-bond donors (Lipinski definition) is 1. The van der Waals surface area contributed by atoms with Gasteiger partial charge in [-0.1, -0.05) is 6.07 Å². The zero-order valence-electron chi connectivity index (χ0n) is 19.8. The minimum Gasteiger partial charge on any atom is -0.370 e. The van der Waals surface area contributed by atoms with E-state index in [1.165, 1.54) is 18.5 Å². The van der Waals surface area contributed by atoms with Gasteiger partial charge in [0.25, 0.3) is 0 Å². The summed E-state index contributed by atoms with van der Waals surface area (Å²) in [6, 6.07) is 6.19. The Balaban J connectivity index is 1.06.